The summed E-state index contributed by atoms with van der Waals surface area (Å²) in [6.07, 6.45) is 5.31. The second-order valence-corrected chi connectivity index (χ2v) is 6.44. The van der Waals surface area contributed by atoms with Crippen LogP contribution in [0.5, 0.6) is 0 Å². The van der Waals surface area contributed by atoms with E-state index in [-0.39, 0.29) is 0 Å². The zero-order chi connectivity index (χ0) is 14.8. The SMILES string of the molecule is Cc1occc1CN(C)CC1(C(=O)O)CCC(C)CC1. The van der Waals surface area contributed by atoms with Crippen molar-refractivity contribution in [2.45, 2.75) is 46.1 Å². The third-order valence-corrected chi connectivity index (χ3v) is 4.66. The van der Waals surface area contributed by atoms with Gasteiger partial charge in [-0.25, -0.2) is 0 Å². The Hall–Kier alpha value is -1.29. The van der Waals surface area contributed by atoms with E-state index in [9.17, 15) is 9.90 Å². The summed E-state index contributed by atoms with van der Waals surface area (Å²) >= 11 is 0. The molecule has 1 aromatic heterocycles. The van der Waals surface area contributed by atoms with Crippen LogP contribution in [0, 0.1) is 18.3 Å². The summed E-state index contributed by atoms with van der Waals surface area (Å²) < 4.78 is 5.30. The number of aryl methyl sites for hydroxylation is 1. The molecule has 0 aliphatic heterocycles. The molecule has 1 saturated carbocycles. The fourth-order valence-corrected chi connectivity index (χ4v) is 3.19. The zero-order valence-electron chi connectivity index (χ0n) is 12.7. The molecule has 0 amide bonds. The Balaban J connectivity index is 2.01. The summed E-state index contributed by atoms with van der Waals surface area (Å²) in [5.41, 5.74) is 0.566. The van der Waals surface area contributed by atoms with Gasteiger partial charge >= 0.3 is 5.97 Å². The fourth-order valence-electron chi connectivity index (χ4n) is 3.19. The first-order chi connectivity index (χ1) is 9.43. The summed E-state index contributed by atoms with van der Waals surface area (Å²) in [7, 11) is 2.00. The molecule has 4 nitrogen and oxygen atoms in total. The number of hydrogen-bond donors (Lipinski definition) is 1. The van der Waals surface area contributed by atoms with Gasteiger partial charge in [-0.05, 0) is 51.6 Å². The van der Waals surface area contributed by atoms with E-state index >= 15 is 0 Å². The molecule has 1 aliphatic rings. The Morgan fingerprint density at radius 1 is 1.50 bits per heavy atom. The van der Waals surface area contributed by atoms with Crippen molar-refractivity contribution in [3.05, 3.63) is 23.7 Å². The molecule has 20 heavy (non-hydrogen) atoms. The van der Waals surface area contributed by atoms with Crippen molar-refractivity contribution >= 4 is 5.97 Å². The van der Waals surface area contributed by atoms with Gasteiger partial charge in [0.25, 0.3) is 0 Å². The minimum absolute atomic E-state index is 0.571. The predicted octanol–water partition coefficient (Wildman–Crippen LogP) is 3.30. The molecule has 0 unspecified atom stereocenters. The molecule has 2 rings (SSSR count). The third kappa shape index (κ3) is 3.23. The van der Waals surface area contributed by atoms with E-state index in [0.29, 0.717) is 12.5 Å². The van der Waals surface area contributed by atoms with E-state index in [0.717, 1.165) is 43.6 Å². The molecule has 1 heterocycles. The van der Waals surface area contributed by atoms with Crippen LogP contribution in [0.15, 0.2) is 16.7 Å². The van der Waals surface area contributed by atoms with E-state index < -0.39 is 11.4 Å². The van der Waals surface area contributed by atoms with Crippen LogP contribution in [0.25, 0.3) is 0 Å². The van der Waals surface area contributed by atoms with E-state index in [1.165, 1.54) is 0 Å². The highest BCUT2D eigenvalue weighted by Crippen LogP contribution is 2.39. The van der Waals surface area contributed by atoms with Crippen molar-refractivity contribution in [3.63, 3.8) is 0 Å². The van der Waals surface area contributed by atoms with Crippen molar-refractivity contribution in [3.8, 4) is 0 Å². The number of carbonyl (C=O) groups is 1. The van der Waals surface area contributed by atoms with Crippen molar-refractivity contribution in [2.75, 3.05) is 13.6 Å². The number of aliphatic carboxylic acids is 1. The molecule has 1 aromatic rings. The number of furan rings is 1. The first-order valence-electron chi connectivity index (χ1n) is 7.38. The van der Waals surface area contributed by atoms with Crippen LogP contribution in [0.1, 0.15) is 43.9 Å². The molecular weight excluding hydrogens is 254 g/mol. The molecular formula is C16H25NO3. The molecule has 0 atom stereocenters. The van der Waals surface area contributed by atoms with Crippen LogP contribution < -0.4 is 0 Å². The second-order valence-electron chi connectivity index (χ2n) is 6.44. The van der Waals surface area contributed by atoms with Gasteiger partial charge in [0.05, 0.1) is 11.7 Å². The Labute approximate surface area is 120 Å². The molecule has 4 heteroatoms. The Morgan fingerprint density at radius 3 is 2.65 bits per heavy atom. The lowest BCUT2D eigenvalue weighted by Gasteiger charge is -2.38. The largest absolute Gasteiger partial charge is 0.481 e. The van der Waals surface area contributed by atoms with Crippen LogP contribution in [0.2, 0.25) is 0 Å². The van der Waals surface area contributed by atoms with Gasteiger partial charge in [-0.1, -0.05) is 6.92 Å². The number of carboxylic acids is 1. The lowest BCUT2D eigenvalue weighted by molar-refractivity contribution is -0.153. The molecule has 0 radical (unpaired) electrons. The lowest BCUT2D eigenvalue weighted by Crippen LogP contribution is -2.44. The summed E-state index contributed by atoms with van der Waals surface area (Å²) in [5.74, 6) is 0.933. The molecule has 1 N–H and O–H groups in total. The topological polar surface area (TPSA) is 53.7 Å². The van der Waals surface area contributed by atoms with Crippen LogP contribution in [0.3, 0.4) is 0 Å². The highest BCUT2D eigenvalue weighted by atomic mass is 16.4. The van der Waals surface area contributed by atoms with Gasteiger partial charge in [0.2, 0.25) is 0 Å². The average Bonchev–Trinajstić information content (AvgIpc) is 2.78. The zero-order valence-corrected chi connectivity index (χ0v) is 12.7. The van der Waals surface area contributed by atoms with Crippen molar-refractivity contribution in [1.82, 2.24) is 4.90 Å². The molecule has 1 aliphatic carbocycles. The quantitative estimate of drug-likeness (QED) is 0.898. The minimum atomic E-state index is -0.639. The maximum Gasteiger partial charge on any atom is 0.310 e. The van der Waals surface area contributed by atoms with Gasteiger partial charge < -0.3 is 14.4 Å². The van der Waals surface area contributed by atoms with Gasteiger partial charge in [0.1, 0.15) is 5.76 Å². The summed E-state index contributed by atoms with van der Waals surface area (Å²) in [6.45, 7) is 5.51. The molecule has 1 fully saturated rings. The van der Waals surface area contributed by atoms with Gasteiger partial charge in [0, 0.05) is 18.7 Å². The molecule has 0 aromatic carbocycles. The van der Waals surface area contributed by atoms with Crippen LogP contribution in [-0.4, -0.2) is 29.6 Å². The average molecular weight is 279 g/mol. The van der Waals surface area contributed by atoms with Crippen LogP contribution >= 0.6 is 0 Å². The van der Waals surface area contributed by atoms with Crippen molar-refractivity contribution in [1.29, 1.82) is 0 Å². The fraction of sp³-hybridized carbons (Fsp3) is 0.688. The smallest absolute Gasteiger partial charge is 0.310 e. The maximum absolute atomic E-state index is 11.7. The number of nitrogens with zero attached hydrogens (tertiary/aromatic N) is 1. The highest BCUT2D eigenvalue weighted by molar-refractivity contribution is 5.75. The molecule has 0 saturated heterocycles. The monoisotopic (exact) mass is 279 g/mol. The highest BCUT2D eigenvalue weighted by Gasteiger charge is 2.41. The first-order valence-corrected chi connectivity index (χ1v) is 7.38. The Kier molecular flexibility index (Phi) is 4.53. The number of carboxylic acid groups (broad SMARTS) is 1. The number of hydrogen-bond acceptors (Lipinski definition) is 3. The third-order valence-electron chi connectivity index (χ3n) is 4.66. The van der Waals surface area contributed by atoms with Crippen molar-refractivity contribution in [2.24, 2.45) is 11.3 Å². The van der Waals surface area contributed by atoms with Gasteiger partial charge in [-0.2, -0.15) is 0 Å². The molecule has 0 spiro atoms. The molecule has 112 valence electrons. The lowest BCUT2D eigenvalue weighted by atomic mass is 9.70. The Bertz CT molecular complexity index is 458. The van der Waals surface area contributed by atoms with Crippen LogP contribution in [0.4, 0.5) is 0 Å². The summed E-state index contributed by atoms with van der Waals surface area (Å²) in [6, 6.07) is 1.96. The summed E-state index contributed by atoms with van der Waals surface area (Å²) in [5, 5.41) is 9.66. The predicted molar refractivity (Wildman–Crippen MR) is 77.5 cm³/mol. The second kappa shape index (κ2) is 6.00. The van der Waals surface area contributed by atoms with E-state index in [1.54, 1.807) is 6.26 Å². The molecule has 0 bridgehead atoms. The van der Waals surface area contributed by atoms with E-state index in [2.05, 4.69) is 11.8 Å². The van der Waals surface area contributed by atoms with Gasteiger partial charge in [0.15, 0.2) is 0 Å². The van der Waals surface area contributed by atoms with Gasteiger partial charge in [-0.3, -0.25) is 4.79 Å². The van der Waals surface area contributed by atoms with E-state index in [4.69, 9.17) is 4.42 Å². The maximum atomic E-state index is 11.7. The number of rotatable bonds is 5. The normalized spacial score (nSPS) is 26.9. The standard InChI is InChI=1S/C16H25NO3/c1-12-4-7-16(8-5-12,15(18)19)11-17(3)10-14-6-9-20-13(14)2/h6,9,12H,4-5,7-8,10-11H2,1-3H3,(H,18,19). The van der Waals surface area contributed by atoms with Gasteiger partial charge in [-0.15, -0.1) is 0 Å². The Morgan fingerprint density at radius 2 is 2.15 bits per heavy atom. The summed E-state index contributed by atoms with van der Waals surface area (Å²) in [4.78, 5) is 13.9. The van der Waals surface area contributed by atoms with E-state index in [1.807, 2.05) is 20.0 Å². The first kappa shape index (κ1) is 15.1. The van der Waals surface area contributed by atoms with Crippen LogP contribution in [-0.2, 0) is 11.3 Å². The van der Waals surface area contributed by atoms with Crippen molar-refractivity contribution < 1.29 is 14.3 Å². The minimum Gasteiger partial charge on any atom is -0.481 e.